The van der Waals surface area contributed by atoms with Gasteiger partial charge in [0.2, 0.25) is 0 Å². The third kappa shape index (κ3) is 2.01. The van der Waals surface area contributed by atoms with Gasteiger partial charge in [0.15, 0.2) is 0 Å². The summed E-state index contributed by atoms with van der Waals surface area (Å²) >= 11 is 0. The number of hydrogen-bond donors (Lipinski definition) is 0. The van der Waals surface area contributed by atoms with Crippen molar-refractivity contribution in [2.45, 2.75) is 0 Å². The maximum Gasteiger partial charge on any atom is 0.278 e. The van der Waals surface area contributed by atoms with Crippen LogP contribution in [-0.2, 0) is 7.05 Å². The predicted octanol–water partition coefficient (Wildman–Crippen LogP) is 3.29. The number of aryl methyl sites for hydroxylation is 1. The first-order valence-electron chi connectivity index (χ1n) is 5.92. The van der Waals surface area contributed by atoms with E-state index in [1.54, 1.807) is 30.1 Å². The molecule has 0 amide bonds. The fourth-order valence-electron chi connectivity index (χ4n) is 2.22. The second-order valence-electron chi connectivity index (χ2n) is 4.50. The Morgan fingerprint density at radius 1 is 1.30 bits per heavy atom. The van der Waals surface area contributed by atoms with Crippen LogP contribution in [0.25, 0.3) is 22.0 Å². The van der Waals surface area contributed by atoms with Crippen LogP contribution in [0.4, 0.5) is 10.1 Å². The van der Waals surface area contributed by atoms with Crippen LogP contribution < -0.4 is 0 Å². The van der Waals surface area contributed by atoms with Gasteiger partial charge in [0.25, 0.3) is 5.69 Å². The molecule has 100 valence electrons. The van der Waals surface area contributed by atoms with Gasteiger partial charge in [0, 0.05) is 24.7 Å². The number of aromatic nitrogens is 2. The fourth-order valence-corrected chi connectivity index (χ4v) is 2.22. The Kier molecular flexibility index (Phi) is 2.71. The van der Waals surface area contributed by atoms with Crippen LogP contribution in [0.1, 0.15) is 0 Å². The number of nitrogens with zero attached hydrogens (tertiary/aromatic N) is 3. The quantitative estimate of drug-likeness (QED) is 0.530. The lowest BCUT2D eigenvalue weighted by Crippen LogP contribution is -1.92. The number of hydrogen-bond acceptors (Lipinski definition) is 3. The standard InChI is InChI=1S/C14H10FN3O2/c1-17-8-10-6-14(18(19)20)12(7-13(10)16-17)9-3-2-4-11(15)5-9/h2-8H,1H3. The molecule has 0 radical (unpaired) electrons. The number of halogens is 1. The van der Waals surface area contributed by atoms with E-state index in [0.717, 1.165) is 0 Å². The molecule has 1 aromatic heterocycles. The summed E-state index contributed by atoms with van der Waals surface area (Å²) in [6.07, 6.45) is 1.71. The van der Waals surface area contributed by atoms with Gasteiger partial charge in [-0.3, -0.25) is 14.8 Å². The fraction of sp³-hybridized carbons (Fsp3) is 0.0714. The zero-order chi connectivity index (χ0) is 14.3. The average Bonchev–Trinajstić information content (AvgIpc) is 2.76. The van der Waals surface area contributed by atoms with Gasteiger partial charge in [0.1, 0.15) is 5.82 Å². The Hall–Kier alpha value is -2.76. The summed E-state index contributed by atoms with van der Waals surface area (Å²) in [5.74, 6) is -0.432. The molecule has 0 saturated carbocycles. The second kappa shape index (κ2) is 4.41. The smallest absolute Gasteiger partial charge is 0.275 e. The molecule has 2 aromatic carbocycles. The molecule has 3 aromatic rings. The van der Waals surface area contributed by atoms with E-state index in [0.29, 0.717) is 22.0 Å². The van der Waals surface area contributed by atoms with Gasteiger partial charge in [-0.1, -0.05) is 12.1 Å². The van der Waals surface area contributed by atoms with Gasteiger partial charge in [-0.15, -0.1) is 0 Å². The molecular formula is C14H10FN3O2. The first kappa shape index (κ1) is 12.3. The molecule has 0 aliphatic rings. The highest BCUT2D eigenvalue weighted by Crippen LogP contribution is 2.33. The molecule has 0 N–H and O–H groups in total. The Morgan fingerprint density at radius 3 is 2.80 bits per heavy atom. The lowest BCUT2D eigenvalue weighted by molar-refractivity contribution is -0.384. The van der Waals surface area contributed by atoms with Gasteiger partial charge in [-0.25, -0.2) is 4.39 Å². The number of benzene rings is 2. The minimum absolute atomic E-state index is 0.0592. The van der Waals surface area contributed by atoms with Crippen molar-refractivity contribution in [1.82, 2.24) is 9.78 Å². The van der Waals surface area contributed by atoms with E-state index >= 15 is 0 Å². The Labute approximate surface area is 113 Å². The van der Waals surface area contributed by atoms with E-state index in [-0.39, 0.29) is 5.69 Å². The molecule has 3 rings (SSSR count). The van der Waals surface area contributed by atoms with Crippen LogP contribution in [0.15, 0.2) is 42.6 Å². The minimum Gasteiger partial charge on any atom is -0.275 e. The topological polar surface area (TPSA) is 61.0 Å². The van der Waals surface area contributed by atoms with Gasteiger partial charge >= 0.3 is 0 Å². The first-order valence-corrected chi connectivity index (χ1v) is 5.92. The highest BCUT2D eigenvalue weighted by Gasteiger charge is 2.18. The molecule has 0 unspecified atom stereocenters. The third-order valence-corrected chi connectivity index (χ3v) is 3.07. The van der Waals surface area contributed by atoms with Crippen molar-refractivity contribution < 1.29 is 9.31 Å². The van der Waals surface area contributed by atoms with E-state index in [1.807, 2.05) is 0 Å². The zero-order valence-corrected chi connectivity index (χ0v) is 10.6. The molecule has 5 nitrogen and oxygen atoms in total. The number of nitro benzene ring substituents is 1. The van der Waals surface area contributed by atoms with Gasteiger partial charge in [0.05, 0.1) is 16.0 Å². The Morgan fingerprint density at radius 2 is 2.10 bits per heavy atom. The van der Waals surface area contributed by atoms with E-state index in [2.05, 4.69) is 5.10 Å². The van der Waals surface area contributed by atoms with Gasteiger partial charge < -0.3 is 0 Å². The summed E-state index contributed by atoms with van der Waals surface area (Å²) in [7, 11) is 1.74. The predicted molar refractivity (Wildman–Crippen MR) is 72.8 cm³/mol. The molecule has 20 heavy (non-hydrogen) atoms. The largest absolute Gasteiger partial charge is 0.278 e. The molecular weight excluding hydrogens is 261 g/mol. The van der Waals surface area contributed by atoms with Crippen molar-refractivity contribution in [1.29, 1.82) is 0 Å². The van der Waals surface area contributed by atoms with Crippen LogP contribution in [0.3, 0.4) is 0 Å². The van der Waals surface area contributed by atoms with Crippen LogP contribution >= 0.6 is 0 Å². The van der Waals surface area contributed by atoms with Crippen molar-refractivity contribution in [3.8, 4) is 11.1 Å². The summed E-state index contributed by atoms with van der Waals surface area (Å²) in [5, 5.41) is 16.1. The second-order valence-corrected chi connectivity index (χ2v) is 4.50. The monoisotopic (exact) mass is 271 g/mol. The van der Waals surface area contributed by atoms with Crippen LogP contribution in [0.5, 0.6) is 0 Å². The lowest BCUT2D eigenvalue weighted by Gasteiger charge is -2.03. The van der Waals surface area contributed by atoms with Crippen molar-refractivity contribution >= 4 is 16.6 Å². The Balaban J connectivity index is 2.32. The Bertz CT molecular complexity index is 826. The van der Waals surface area contributed by atoms with Gasteiger partial charge in [-0.2, -0.15) is 5.10 Å². The molecule has 0 atom stereocenters. The highest BCUT2D eigenvalue weighted by molar-refractivity contribution is 5.89. The summed E-state index contributed by atoms with van der Waals surface area (Å²) in [6.45, 7) is 0. The average molecular weight is 271 g/mol. The van der Waals surface area contributed by atoms with Crippen molar-refractivity contribution in [3.63, 3.8) is 0 Å². The van der Waals surface area contributed by atoms with E-state index in [4.69, 9.17) is 0 Å². The third-order valence-electron chi connectivity index (χ3n) is 3.07. The molecule has 1 heterocycles. The molecule has 0 spiro atoms. The number of rotatable bonds is 2. The zero-order valence-electron chi connectivity index (χ0n) is 10.6. The van der Waals surface area contributed by atoms with E-state index < -0.39 is 10.7 Å². The molecule has 0 aliphatic carbocycles. The highest BCUT2D eigenvalue weighted by atomic mass is 19.1. The summed E-state index contributed by atoms with van der Waals surface area (Å²) in [6, 6.07) is 8.81. The molecule has 0 fully saturated rings. The van der Waals surface area contributed by atoms with Crippen molar-refractivity contribution in [2.75, 3.05) is 0 Å². The van der Waals surface area contributed by atoms with Crippen LogP contribution in [0, 0.1) is 15.9 Å². The van der Waals surface area contributed by atoms with Crippen molar-refractivity contribution in [3.05, 3.63) is 58.5 Å². The number of fused-ring (bicyclic) bond motifs is 1. The SMILES string of the molecule is Cn1cc2cc([N+](=O)[O-])c(-c3cccc(F)c3)cc2n1. The molecule has 0 bridgehead atoms. The first-order chi connectivity index (χ1) is 9.54. The van der Waals surface area contributed by atoms with Gasteiger partial charge in [-0.05, 0) is 23.8 Å². The van der Waals surface area contributed by atoms with E-state index in [1.165, 1.54) is 24.3 Å². The molecule has 0 aliphatic heterocycles. The number of nitro groups is 1. The lowest BCUT2D eigenvalue weighted by atomic mass is 10.0. The van der Waals surface area contributed by atoms with E-state index in [9.17, 15) is 14.5 Å². The summed E-state index contributed by atoms with van der Waals surface area (Å²) in [5.41, 5.74) is 1.40. The summed E-state index contributed by atoms with van der Waals surface area (Å²) < 4.78 is 14.9. The minimum atomic E-state index is -0.466. The van der Waals surface area contributed by atoms with Crippen LogP contribution in [0.2, 0.25) is 0 Å². The van der Waals surface area contributed by atoms with Crippen LogP contribution in [-0.4, -0.2) is 14.7 Å². The molecule has 6 heteroatoms. The molecule has 0 saturated heterocycles. The normalized spacial score (nSPS) is 10.9. The maximum absolute atomic E-state index is 13.3. The summed E-state index contributed by atoms with van der Waals surface area (Å²) in [4.78, 5) is 10.7. The van der Waals surface area contributed by atoms with Crippen molar-refractivity contribution in [2.24, 2.45) is 7.05 Å². The maximum atomic E-state index is 13.3.